The first-order valence-corrected chi connectivity index (χ1v) is 12.8. The Morgan fingerprint density at radius 1 is 1.00 bits per heavy atom. The second-order valence-electron chi connectivity index (χ2n) is 9.95. The number of H-pyrrole nitrogens is 1. The molecule has 198 valence electrons. The van der Waals surface area contributed by atoms with E-state index in [1.54, 1.807) is 6.92 Å². The third-order valence-corrected chi connectivity index (χ3v) is 6.59. The predicted octanol–water partition coefficient (Wildman–Crippen LogP) is 0.631. The summed E-state index contributed by atoms with van der Waals surface area (Å²) in [5.74, 6) is -4.12. The molecule has 0 aliphatic carbocycles. The van der Waals surface area contributed by atoms with Crippen LogP contribution in [0.25, 0.3) is 11.0 Å². The average molecular weight is 546 g/mol. The topological polar surface area (TPSA) is 83.2 Å². The number of pyridine rings is 1. The molecule has 0 unspecified atom stereocenters. The van der Waals surface area contributed by atoms with Gasteiger partial charge < -0.3 is 19.2 Å². The summed E-state index contributed by atoms with van der Waals surface area (Å²) in [6.07, 6.45) is 1.54. The molecule has 0 spiro atoms. The quantitative estimate of drug-likeness (QED) is 0.418. The number of nitrogens with one attached hydrogen (secondary N) is 1. The fourth-order valence-electron chi connectivity index (χ4n) is 4.97. The van der Waals surface area contributed by atoms with Gasteiger partial charge in [0.15, 0.2) is 23.1 Å². The summed E-state index contributed by atoms with van der Waals surface area (Å²) in [6.45, 7) is 5.18. The van der Waals surface area contributed by atoms with Gasteiger partial charge in [-0.2, -0.15) is 0 Å². The zero-order valence-corrected chi connectivity index (χ0v) is 22.3. The highest BCUT2D eigenvalue weighted by Gasteiger charge is 2.38. The molecule has 1 saturated heterocycles. The summed E-state index contributed by atoms with van der Waals surface area (Å²) in [5.41, 5.74) is 1.73. The summed E-state index contributed by atoms with van der Waals surface area (Å²) in [6, 6.07) is 1.93. The van der Waals surface area contributed by atoms with Crippen molar-refractivity contribution in [2.75, 3.05) is 42.6 Å². The SMILES string of the molecule is [B]C([B])([B])Oc1cc(OC([B])([B])[B])c(F)c(N2Cc3cnc4[nH]c(CN5CCOCC5)cc4c3N(CC)C2=O)c1F. The molecule has 1 N–H and O–H groups in total. The number of halogens is 2. The van der Waals surface area contributed by atoms with E-state index in [-0.39, 0.29) is 13.1 Å². The van der Waals surface area contributed by atoms with Crippen molar-refractivity contribution in [2.24, 2.45) is 0 Å². The third-order valence-electron chi connectivity index (χ3n) is 6.59. The maximum Gasteiger partial charge on any atom is 0.329 e. The van der Waals surface area contributed by atoms with Gasteiger partial charge in [-0.1, -0.05) is 0 Å². The molecule has 2 amide bonds. The van der Waals surface area contributed by atoms with Crippen LogP contribution in [0.2, 0.25) is 0 Å². The Labute approximate surface area is 244 Å². The van der Waals surface area contributed by atoms with Gasteiger partial charge in [-0.15, -0.1) is 0 Å². The Morgan fingerprint density at radius 2 is 1.61 bits per heavy atom. The van der Waals surface area contributed by atoms with Gasteiger partial charge >= 0.3 is 6.03 Å². The number of anilines is 2. The van der Waals surface area contributed by atoms with Crippen LogP contribution in [-0.2, 0) is 17.8 Å². The first-order valence-electron chi connectivity index (χ1n) is 12.8. The van der Waals surface area contributed by atoms with E-state index in [2.05, 4.69) is 14.9 Å². The molecule has 41 heavy (non-hydrogen) atoms. The Bertz CT molecular complexity index is 1440. The number of benzene rings is 1. The highest BCUT2D eigenvalue weighted by Crippen LogP contribution is 2.43. The first-order chi connectivity index (χ1) is 19.3. The Hall–Kier alpha value is -3.05. The number of hydrogen-bond donors (Lipinski definition) is 1. The van der Waals surface area contributed by atoms with E-state index >= 15 is 8.78 Å². The number of aromatic nitrogens is 2. The maximum absolute atomic E-state index is 15.8. The molecule has 12 radical (unpaired) electrons. The lowest BCUT2D eigenvalue weighted by molar-refractivity contribution is 0.0337. The predicted molar refractivity (Wildman–Crippen MR) is 154 cm³/mol. The fraction of sp³-hybridized carbons (Fsp3) is 0.417. The summed E-state index contributed by atoms with van der Waals surface area (Å²) >= 11 is 0. The van der Waals surface area contributed by atoms with E-state index in [0.717, 1.165) is 29.7 Å². The maximum atomic E-state index is 15.8. The second kappa shape index (κ2) is 11.0. The smallest absolute Gasteiger partial charge is 0.329 e. The van der Waals surface area contributed by atoms with E-state index in [1.807, 2.05) is 6.07 Å². The van der Waals surface area contributed by atoms with E-state index in [1.165, 1.54) is 11.1 Å². The molecule has 0 saturated carbocycles. The van der Waals surface area contributed by atoms with Gasteiger partial charge in [-0.3, -0.25) is 14.7 Å². The van der Waals surface area contributed by atoms with E-state index in [4.69, 9.17) is 61.3 Å². The molecule has 0 bridgehead atoms. The van der Waals surface area contributed by atoms with Crippen molar-refractivity contribution in [3.05, 3.63) is 41.2 Å². The average Bonchev–Trinajstić information content (AvgIpc) is 3.29. The molecule has 17 heteroatoms. The Balaban J connectivity index is 1.58. The molecule has 9 nitrogen and oxygen atoms in total. The number of hydrogen-bond acceptors (Lipinski definition) is 6. The molecular formula is C24H21B6F2N5O4. The molecule has 5 rings (SSSR count). The van der Waals surface area contributed by atoms with Gasteiger partial charge in [0, 0.05) is 55.1 Å². The van der Waals surface area contributed by atoms with E-state index < -0.39 is 45.5 Å². The van der Waals surface area contributed by atoms with Gasteiger partial charge in [0.1, 0.15) is 58.4 Å². The minimum atomic E-state index is -2.37. The van der Waals surface area contributed by atoms with Crippen LogP contribution in [0, 0.1) is 11.6 Å². The first kappa shape index (κ1) is 29.4. The molecule has 0 atom stereocenters. The van der Waals surface area contributed by atoms with Crippen LogP contribution in [0.4, 0.5) is 25.0 Å². The number of nitrogens with zero attached hydrogens (tertiary/aromatic N) is 4. The third kappa shape index (κ3) is 6.11. The number of aromatic amines is 1. The number of fused-ring (bicyclic) bond motifs is 3. The van der Waals surface area contributed by atoms with Gasteiger partial charge in [0.05, 0.1) is 25.4 Å². The Morgan fingerprint density at radius 3 is 2.17 bits per heavy atom. The van der Waals surface area contributed by atoms with Gasteiger partial charge in [-0.25, -0.2) is 18.6 Å². The van der Waals surface area contributed by atoms with Crippen LogP contribution < -0.4 is 19.3 Å². The molecule has 4 heterocycles. The summed E-state index contributed by atoms with van der Waals surface area (Å²) in [4.78, 5) is 26.1. The number of rotatable bonds is 8. The zero-order chi connectivity index (χ0) is 29.7. The molecule has 1 fully saturated rings. The van der Waals surface area contributed by atoms with Crippen LogP contribution in [0.1, 0.15) is 18.2 Å². The minimum Gasteiger partial charge on any atom is -0.513 e. The largest absolute Gasteiger partial charge is 0.513 e. The van der Waals surface area contributed by atoms with Crippen molar-refractivity contribution in [3.63, 3.8) is 0 Å². The highest BCUT2D eigenvalue weighted by atomic mass is 19.1. The highest BCUT2D eigenvalue weighted by molar-refractivity contribution is 6.58. The van der Waals surface area contributed by atoms with Crippen molar-refractivity contribution in [3.8, 4) is 11.5 Å². The van der Waals surface area contributed by atoms with Gasteiger partial charge in [-0.05, 0) is 23.6 Å². The van der Waals surface area contributed by atoms with Gasteiger partial charge in [0.25, 0.3) is 0 Å². The minimum absolute atomic E-state index is 0.170. The lowest BCUT2D eigenvalue weighted by Gasteiger charge is -2.37. The van der Waals surface area contributed by atoms with Crippen molar-refractivity contribution >= 4 is 75.5 Å². The van der Waals surface area contributed by atoms with Crippen LogP contribution in [0.15, 0.2) is 18.3 Å². The van der Waals surface area contributed by atoms with Crippen LogP contribution in [0.3, 0.4) is 0 Å². The molecule has 1 aromatic carbocycles. The number of urea groups is 1. The molecular weight excluding hydrogens is 525 g/mol. The second-order valence-corrected chi connectivity index (χ2v) is 9.95. The zero-order valence-electron chi connectivity index (χ0n) is 22.3. The molecule has 3 aromatic rings. The van der Waals surface area contributed by atoms with Crippen LogP contribution >= 0.6 is 0 Å². The Kier molecular flexibility index (Phi) is 7.88. The van der Waals surface area contributed by atoms with Gasteiger partial charge in [0.2, 0.25) is 0 Å². The molecule has 2 aliphatic heterocycles. The summed E-state index contributed by atoms with van der Waals surface area (Å²) in [7, 11) is 32.9. The van der Waals surface area contributed by atoms with Crippen molar-refractivity contribution in [1.29, 1.82) is 0 Å². The fourth-order valence-corrected chi connectivity index (χ4v) is 4.97. The molecule has 2 aliphatic rings. The summed E-state index contributed by atoms with van der Waals surface area (Å²) in [5, 5.41) is -4.04. The number of carbonyl (C=O) groups excluding carboxylic acids is 1. The summed E-state index contributed by atoms with van der Waals surface area (Å²) < 4.78 is 47.1. The molecule has 2 aromatic heterocycles. The van der Waals surface area contributed by atoms with Crippen LogP contribution in [0.5, 0.6) is 11.5 Å². The lowest BCUT2D eigenvalue weighted by atomic mass is 9.52. The number of carbonyl (C=O) groups is 1. The van der Waals surface area contributed by atoms with Crippen molar-refractivity contribution in [2.45, 2.75) is 30.6 Å². The normalized spacial score (nSPS) is 16.7. The van der Waals surface area contributed by atoms with Crippen LogP contribution in [-0.4, -0.2) is 111 Å². The lowest BCUT2D eigenvalue weighted by Crippen LogP contribution is -2.48. The van der Waals surface area contributed by atoms with E-state index in [0.29, 0.717) is 42.0 Å². The number of morpholine rings is 1. The van der Waals surface area contributed by atoms with Crippen molar-refractivity contribution < 1.29 is 27.8 Å². The monoisotopic (exact) mass is 547 g/mol. The van der Waals surface area contributed by atoms with E-state index in [9.17, 15) is 4.79 Å². The number of amides is 2. The number of ether oxygens (including phenoxy) is 3. The van der Waals surface area contributed by atoms with Crippen molar-refractivity contribution in [1.82, 2.24) is 14.9 Å². The standard InChI is InChI=1S/C24H21B6F2N5O4/c1-2-36-19-12(9-33-21-14(19)7-13(34-21)11-35-3-5-39-6-4-35)10-37(22(36)38)20-17(31)15(40-23(25,26)27)8-16(18(20)32)41-24(28,29)30/h7-9H,2-6,10-11H2,1H3,(H,33,34).